The normalized spacial score (nSPS) is 24.4. The van der Waals surface area contributed by atoms with E-state index in [1.807, 2.05) is 18.4 Å². The first-order valence-electron chi connectivity index (χ1n) is 6.43. The van der Waals surface area contributed by atoms with Crippen molar-refractivity contribution in [3.8, 4) is 6.07 Å². The van der Waals surface area contributed by atoms with Gasteiger partial charge >= 0.3 is 0 Å². The predicted molar refractivity (Wildman–Crippen MR) is 76.5 cm³/mol. The average Bonchev–Trinajstić information content (AvgIpc) is 2.97. The van der Waals surface area contributed by atoms with Gasteiger partial charge in [0.2, 0.25) is 10.0 Å². The maximum atomic E-state index is 12.3. The summed E-state index contributed by atoms with van der Waals surface area (Å²) in [5.74, 6) is 0.397. The lowest BCUT2D eigenvalue weighted by Gasteiger charge is -2.20. The Morgan fingerprint density at radius 2 is 2.37 bits per heavy atom. The maximum absolute atomic E-state index is 12.3. The molecular weight excluding hydrogens is 280 g/mol. The molecule has 0 unspecified atom stereocenters. The van der Waals surface area contributed by atoms with Gasteiger partial charge in [-0.2, -0.15) is 20.9 Å². The molecule has 0 spiro atoms. The number of sulfonamides is 1. The van der Waals surface area contributed by atoms with Crippen molar-refractivity contribution in [2.24, 2.45) is 0 Å². The van der Waals surface area contributed by atoms with Gasteiger partial charge in [-0.15, -0.1) is 0 Å². The minimum Gasteiger partial charge on any atom is -0.212 e. The quantitative estimate of drug-likeness (QED) is 0.785. The Morgan fingerprint density at radius 3 is 3.00 bits per heavy atom. The Balaban J connectivity index is 2.03. The first-order chi connectivity index (χ1) is 9.04. The van der Waals surface area contributed by atoms with Crippen LogP contribution in [0.25, 0.3) is 0 Å². The minimum absolute atomic E-state index is 0.0528. The topological polar surface area (TPSA) is 61.2 Å². The van der Waals surface area contributed by atoms with Crippen LogP contribution in [-0.4, -0.2) is 31.1 Å². The minimum atomic E-state index is -3.22. The smallest absolute Gasteiger partial charge is 0.212 e. The number of nitriles is 1. The molecule has 0 N–H and O–H groups in total. The first kappa shape index (κ1) is 14.5. The molecule has 0 aliphatic carbocycles. The molecule has 0 amide bonds. The van der Waals surface area contributed by atoms with Gasteiger partial charge in [-0.3, -0.25) is 0 Å². The van der Waals surface area contributed by atoms with Crippen molar-refractivity contribution >= 4 is 21.4 Å². The number of thiophene rings is 1. The zero-order valence-electron chi connectivity index (χ0n) is 10.9. The highest BCUT2D eigenvalue weighted by molar-refractivity contribution is 7.89. The van der Waals surface area contributed by atoms with Gasteiger partial charge in [-0.05, 0) is 42.2 Å². The van der Waals surface area contributed by atoms with Crippen LogP contribution < -0.4 is 0 Å². The van der Waals surface area contributed by atoms with E-state index in [4.69, 9.17) is 5.26 Å². The lowest BCUT2D eigenvalue weighted by Crippen LogP contribution is -2.35. The summed E-state index contributed by atoms with van der Waals surface area (Å²) in [5, 5.41) is 12.6. The Bertz CT molecular complexity index is 546. The fourth-order valence-corrected chi connectivity index (χ4v) is 5.12. The van der Waals surface area contributed by atoms with Gasteiger partial charge in [0.25, 0.3) is 0 Å². The molecule has 1 fully saturated rings. The highest BCUT2D eigenvalue weighted by Gasteiger charge is 2.37. The fourth-order valence-electron chi connectivity index (χ4n) is 2.59. The molecule has 104 valence electrons. The third-order valence-electron chi connectivity index (χ3n) is 3.58. The van der Waals surface area contributed by atoms with Crippen LogP contribution in [0.4, 0.5) is 0 Å². The van der Waals surface area contributed by atoms with Gasteiger partial charge in [-0.25, -0.2) is 8.42 Å². The third-order valence-corrected chi connectivity index (χ3v) is 6.31. The van der Waals surface area contributed by atoms with Crippen LogP contribution in [0, 0.1) is 11.3 Å². The standard InChI is InChI=1S/C13H18N2O2S2/c1-11-8-13(12-4-6-18-10-12)9-15(11)19(16,17)7-3-2-5-14/h4,6,10-11,13H,2-3,7-9H2,1H3/t11-,13-/m0/s1. The van der Waals surface area contributed by atoms with Crippen LogP contribution in [-0.2, 0) is 10.0 Å². The third kappa shape index (κ3) is 3.35. The molecule has 0 saturated carbocycles. The van der Waals surface area contributed by atoms with E-state index in [0.717, 1.165) is 6.42 Å². The monoisotopic (exact) mass is 298 g/mol. The van der Waals surface area contributed by atoms with Gasteiger partial charge in [0.1, 0.15) is 0 Å². The zero-order valence-corrected chi connectivity index (χ0v) is 12.6. The van der Waals surface area contributed by atoms with Crippen LogP contribution in [0.3, 0.4) is 0 Å². The van der Waals surface area contributed by atoms with Gasteiger partial charge in [0.05, 0.1) is 11.8 Å². The molecule has 0 bridgehead atoms. The summed E-state index contributed by atoms with van der Waals surface area (Å²) in [7, 11) is -3.22. The molecule has 1 aliphatic rings. The van der Waals surface area contributed by atoms with Crippen molar-refractivity contribution < 1.29 is 8.42 Å². The number of nitrogens with zero attached hydrogens (tertiary/aromatic N) is 2. The molecule has 2 atom stereocenters. The predicted octanol–water partition coefficient (Wildman–Crippen LogP) is 2.56. The van der Waals surface area contributed by atoms with E-state index in [-0.39, 0.29) is 11.8 Å². The van der Waals surface area contributed by atoms with Crippen LogP contribution in [0.1, 0.15) is 37.7 Å². The van der Waals surface area contributed by atoms with Gasteiger partial charge in [-0.1, -0.05) is 0 Å². The van der Waals surface area contributed by atoms with E-state index in [1.165, 1.54) is 5.56 Å². The maximum Gasteiger partial charge on any atom is 0.214 e. The van der Waals surface area contributed by atoms with Crippen molar-refractivity contribution in [3.63, 3.8) is 0 Å². The summed E-state index contributed by atoms with van der Waals surface area (Å²) in [6, 6.07) is 4.12. The average molecular weight is 298 g/mol. The Morgan fingerprint density at radius 1 is 1.58 bits per heavy atom. The van der Waals surface area contributed by atoms with E-state index in [0.29, 0.717) is 25.3 Å². The number of hydrogen-bond donors (Lipinski definition) is 0. The van der Waals surface area contributed by atoms with Crippen molar-refractivity contribution in [1.82, 2.24) is 4.31 Å². The molecule has 2 rings (SSSR count). The zero-order chi connectivity index (χ0) is 13.9. The van der Waals surface area contributed by atoms with Gasteiger partial charge in [0, 0.05) is 24.9 Å². The van der Waals surface area contributed by atoms with E-state index in [9.17, 15) is 8.42 Å². The molecular formula is C13H18N2O2S2. The Kier molecular flexibility index (Phi) is 4.61. The second-order valence-corrected chi connectivity index (χ2v) is 7.81. The molecule has 1 saturated heterocycles. The molecule has 0 radical (unpaired) electrons. The van der Waals surface area contributed by atoms with Crippen molar-refractivity contribution in [3.05, 3.63) is 22.4 Å². The summed E-state index contributed by atoms with van der Waals surface area (Å²) < 4.78 is 26.1. The summed E-state index contributed by atoms with van der Waals surface area (Å²) in [6.07, 6.45) is 1.61. The first-order valence-corrected chi connectivity index (χ1v) is 8.98. The SMILES string of the molecule is C[C@H]1C[C@H](c2ccsc2)CN1S(=O)(=O)CCCC#N. The van der Waals surface area contributed by atoms with Crippen LogP contribution >= 0.6 is 11.3 Å². The summed E-state index contributed by atoms with van der Waals surface area (Å²) >= 11 is 1.65. The molecule has 6 heteroatoms. The molecule has 2 heterocycles. The summed E-state index contributed by atoms with van der Waals surface area (Å²) in [4.78, 5) is 0. The number of unbranched alkanes of at least 4 members (excludes halogenated alkanes) is 1. The van der Waals surface area contributed by atoms with E-state index in [2.05, 4.69) is 11.4 Å². The largest absolute Gasteiger partial charge is 0.214 e. The van der Waals surface area contributed by atoms with E-state index < -0.39 is 10.0 Å². The molecule has 19 heavy (non-hydrogen) atoms. The number of hydrogen-bond acceptors (Lipinski definition) is 4. The van der Waals surface area contributed by atoms with Gasteiger partial charge < -0.3 is 0 Å². The lowest BCUT2D eigenvalue weighted by atomic mass is 10.00. The molecule has 1 aliphatic heterocycles. The van der Waals surface area contributed by atoms with Crippen LogP contribution in [0.2, 0.25) is 0 Å². The lowest BCUT2D eigenvalue weighted by molar-refractivity contribution is 0.406. The highest BCUT2D eigenvalue weighted by Crippen LogP contribution is 2.34. The second kappa shape index (κ2) is 6.04. The molecule has 4 nitrogen and oxygen atoms in total. The van der Waals surface area contributed by atoms with Gasteiger partial charge in [0.15, 0.2) is 0 Å². The van der Waals surface area contributed by atoms with E-state index in [1.54, 1.807) is 15.6 Å². The van der Waals surface area contributed by atoms with Crippen molar-refractivity contribution in [2.75, 3.05) is 12.3 Å². The fraction of sp³-hybridized carbons (Fsp3) is 0.615. The second-order valence-electron chi connectivity index (χ2n) is 4.99. The summed E-state index contributed by atoms with van der Waals surface area (Å²) in [5.41, 5.74) is 1.24. The Hall–Kier alpha value is -0.900. The van der Waals surface area contributed by atoms with Crippen molar-refractivity contribution in [2.45, 2.75) is 38.1 Å². The highest BCUT2D eigenvalue weighted by atomic mass is 32.2. The molecule has 1 aromatic heterocycles. The van der Waals surface area contributed by atoms with Crippen LogP contribution in [0.15, 0.2) is 16.8 Å². The van der Waals surface area contributed by atoms with Crippen LogP contribution in [0.5, 0.6) is 0 Å². The summed E-state index contributed by atoms with van der Waals surface area (Å²) in [6.45, 7) is 2.54. The van der Waals surface area contributed by atoms with Crippen molar-refractivity contribution in [1.29, 1.82) is 5.26 Å². The molecule has 0 aromatic carbocycles. The number of rotatable bonds is 5. The molecule has 1 aromatic rings. The Labute approximate surface area is 118 Å². The van der Waals surface area contributed by atoms with E-state index >= 15 is 0 Å².